The topological polar surface area (TPSA) is 72.7 Å². The summed E-state index contributed by atoms with van der Waals surface area (Å²) < 4.78 is 1.43. The van der Waals surface area contributed by atoms with Crippen molar-refractivity contribution in [1.82, 2.24) is 19.5 Å². The van der Waals surface area contributed by atoms with Crippen molar-refractivity contribution < 1.29 is 0 Å². The van der Waals surface area contributed by atoms with Gasteiger partial charge in [-0.2, -0.15) is 0 Å². The van der Waals surface area contributed by atoms with Gasteiger partial charge in [-0.15, -0.1) is 0 Å². The third-order valence-corrected chi connectivity index (χ3v) is 5.07. The van der Waals surface area contributed by atoms with E-state index in [1.165, 1.54) is 10.9 Å². The van der Waals surface area contributed by atoms with Crippen LogP contribution < -0.4 is 10.9 Å². The van der Waals surface area contributed by atoms with Crippen LogP contribution in [-0.4, -0.2) is 19.5 Å². The number of rotatable bonds is 4. The summed E-state index contributed by atoms with van der Waals surface area (Å²) >= 11 is 12.2. The highest BCUT2D eigenvalue weighted by atomic mass is 35.5. The zero-order chi connectivity index (χ0) is 19.7. The third kappa shape index (κ3) is 3.56. The number of halogens is 2. The molecule has 8 heteroatoms. The van der Waals surface area contributed by atoms with E-state index < -0.39 is 0 Å². The molecular formula is C20H15Cl2N5O. The molecule has 0 spiro atoms. The Bertz CT molecular complexity index is 1220. The predicted octanol–water partition coefficient (Wildman–Crippen LogP) is 4.31. The second kappa shape index (κ2) is 7.58. The normalized spacial score (nSPS) is 11.0. The molecule has 1 N–H and O–H groups in total. The molecule has 0 aliphatic rings. The van der Waals surface area contributed by atoms with E-state index in [0.717, 1.165) is 11.1 Å². The number of nitrogens with zero attached hydrogens (tertiary/aromatic N) is 4. The molecule has 140 valence electrons. The van der Waals surface area contributed by atoms with Crippen molar-refractivity contribution in [1.29, 1.82) is 0 Å². The number of anilines is 1. The number of aromatic nitrogens is 4. The molecule has 0 bridgehead atoms. The first-order valence-corrected chi connectivity index (χ1v) is 9.23. The van der Waals surface area contributed by atoms with E-state index in [-0.39, 0.29) is 5.56 Å². The number of benzene rings is 1. The van der Waals surface area contributed by atoms with E-state index in [2.05, 4.69) is 20.3 Å². The summed E-state index contributed by atoms with van der Waals surface area (Å²) in [5.74, 6) is 0.462. The molecule has 28 heavy (non-hydrogen) atoms. The summed E-state index contributed by atoms with van der Waals surface area (Å²) in [6, 6.07) is 10.9. The van der Waals surface area contributed by atoms with E-state index in [0.29, 0.717) is 39.0 Å². The summed E-state index contributed by atoms with van der Waals surface area (Å²) in [6.07, 6.45) is 4.93. The maximum Gasteiger partial charge on any atom is 0.264 e. The first kappa shape index (κ1) is 18.4. The van der Waals surface area contributed by atoms with Crippen LogP contribution in [0.15, 0.2) is 59.9 Å². The minimum absolute atomic E-state index is 0.171. The number of hydrogen-bond donors (Lipinski definition) is 1. The predicted molar refractivity (Wildman–Crippen MR) is 112 cm³/mol. The Balaban J connectivity index is 1.85. The summed E-state index contributed by atoms with van der Waals surface area (Å²) in [7, 11) is 1.66. The smallest absolute Gasteiger partial charge is 0.264 e. The summed E-state index contributed by atoms with van der Waals surface area (Å²) in [4.78, 5) is 25.8. The fourth-order valence-electron chi connectivity index (χ4n) is 2.84. The van der Waals surface area contributed by atoms with Crippen LogP contribution in [0.25, 0.3) is 22.2 Å². The van der Waals surface area contributed by atoms with Crippen molar-refractivity contribution in [2.45, 2.75) is 6.54 Å². The Morgan fingerprint density at radius 3 is 2.61 bits per heavy atom. The third-order valence-electron chi connectivity index (χ3n) is 4.33. The number of hydrogen-bond acceptors (Lipinski definition) is 5. The Morgan fingerprint density at radius 1 is 1.07 bits per heavy atom. The van der Waals surface area contributed by atoms with Gasteiger partial charge in [0.1, 0.15) is 11.2 Å². The molecule has 0 amide bonds. The van der Waals surface area contributed by atoms with Crippen LogP contribution in [0.2, 0.25) is 10.0 Å². The fourth-order valence-corrected chi connectivity index (χ4v) is 3.14. The van der Waals surface area contributed by atoms with Crippen LogP contribution >= 0.6 is 23.2 Å². The Labute approximate surface area is 170 Å². The Morgan fingerprint density at radius 2 is 1.86 bits per heavy atom. The van der Waals surface area contributed by atoms with Gasteiger partial charge in [0.15, 0.2) is 0 Å². The van der Waals surface area contributed by atoms with Gasteiger partial charge in [-0.05, 0) is 35.9 Å². The minimum Gasteiger partial charge on any atom is -0.365 e. The fraction of sp³-hybridized carbons (Fsp3) is 0.100. The zero-order valence-corrected chi connectivity index (χ0v) is 16.4. The van der Waals surface area contributed by atoms with E-state index in [9.17, 15) is 4.79 Å². The van der Waals surface area contributed by atoms with Crippen LogP contribution in [0.4, 0.5) is 5.82 Å². The highest BCUT2D eigenvalue weighted by Gasteiger charge is 2.14. The van der Waals surface area contributed by atoms with Gasteiger partial charge in [0.2, 0.25) is 0 Å². The van der Waals surface area contributed by atoms with Gasteiger partial charge in [0, 0.05) is 31.5 Å². The van der Waals surface area contributed by atoms with Gasteiger partial charge in [-0.1, -0.05) is 29.3 Å². The maximum absolute atomic E-state index is 12.7. The maximum atomic E-state index is 12.7. The van der Waals surface area contributed by atoms with E-state index >= 15 is 0 Å². The first-order chi connectivity index (χ1) is 13.5. The molecule has 6 nitrogen and oxygen atoms in total. The average molecular weight is 412 g/mol. The molecule has 3 heterocycles. The van der Waals surface area contributed by atoms with Crippen LogP contribution in [0.1, 0.15) is 5.56 Å². The molecule has 0 unspecified atom stereocenters. The number of pyridine rings is 2. The van der Waals surface area contributed by atoms with Crippen LogP contribution in [0, 0.1) is 0 Å². The molecule has 0 aliphatic carbocycles. The van der Waals surface area contributed by atoms with Crippen molar-refractivity contribution in [2.75, 3.05) is 5.32 Å². The quantitative estimate of drug-likeness (QED) is 0.541. The summed E-state index contributed by atoms with van der Waals surface area (Å²) in [6.45, 7) is 0.494. The van der Waals surface area contributed by atoms with Crippen molar-refractivity contribution in [3.63, 3.8) is 0 Å². The summed E-state index contributed by atoms with van der Waals surface area (Å²) in [5, 5.41) is 4.59. The van der Waals surface area contributed by atoms with Crippen LogP contribution in [0.3, 0.4) is 0 Å². The van der Waals surface area contributed by atoms with Gasteiger partial charge < -0.3 is 9.88 Å². The lowest BCUT2D eigenvalue weighted by Crippen LogP contribution is -2.19. The van der Waals surface area contributed by atoms with Crippen molar-refractivity contribution in [2.24, 2.45) is 7.05 Å². The molecule has 0 fully saturated rings. The molecule has 3 aromatic heterocycles. The molecular weight excluding hydrogens is 397 g/mol. The van der Waals surface area contributed by atoms with Gasteiger partial charge in [-0.25, -0.2) is 9.97 Å². The van der Waals surface area contributed by atoms with Gasteiger partial charge in [0.05, 0.1) is 27.6 Å². The molecule has 4 aromatic rings. The van der Waals surface area contributed by atoms with Gasteiger partial charge in [-0.3, -0.25) is 9.78 Å². The van der Waals surface area contributed by atoms with E-state index in [1.807, 2.05) is 18.2 Å². The largest absolute Gasteiger partial charge is 0.365 e. The lowest BCUT2D eigenvalue weighted by Gasteiger charge is -2.12. The standard InChI is InChI=1S/C20H15Cl2N5O/c1-27-11-25-17-9-16(13-2-3-14(21)15(22)8-13)26-19(18(17)20(27)28)24-10-12-4-6-23-7-5-12/h2-9,11H,10H2,1H3,(H,24,26). The van der Waals surface area contributed by atoms with Crippen molar-refractivity contribution >= 4 is 39.9 Å². The van der Waals surface area contributed by atoms with Crippen molar-refractivity contribution in [3.05, 3.63) is 81.1 Å². The molecule has 4 rings (SSSR count). The number of nitrogens with one attached hydrogen (secondary N) is 1. The minimum atomic E-state index is -0.171. The molecule has 0 atom stereocenters. The molecule has 1 aromatic carbocycles. The average Bonchev–Trinajstić information content (AvgIpc) is 2.71. The zero-order valence-electron chi connectivity index (χ0n) is 14.9. The molecule has 0 aliphatic heterocycles. The Hall–Kier alpha value is -2.96. The second-order valence-electron chi connectivity index (χ2n) is 6.25. The lowest BCUT2D eigenvalue weighted by atomic mass is 10.1. The van der Waals surface area contributed by atoms with Crippen molar-refractivity contribution in [3.8, 4) is 11.3 Å². The second-order valence-corrected chi connectivity index (χ2v) is 7.06. The summed E-state index contributed by atoms with van der Waals surface area (Å²) in [5.41, 5.74) is 2.83. The number of aryl methyl sites for hydroxylation is 1. The number of fused-ring (bicyclic) bond motifs is 1. The molecule has 0 radical (unpaired) electrons. The highest BCUT2D eigenvalue weighted by Crippen LogP contribution is 2.30. The van der Waals surface area contributed by atoms with E-state index in [4.69, 9.17) is 23.2 Å². The molecule has 0 saturated carbocycles. The molecule has 0 saturated heterocycles. The van der Waals surface area contributed by atoms with Gasteiger partial charge >= 0.3 is 0 Å². The van der Waals surface area contributed by atoms with E-state index in [1.54, 1.807) is 37.6 Å². The highest BCUT2D eigenvalue weighted by molar-refractivity contribution is 6.42. The SMILES string of the molecule is Cn1cnc2cc(-c3ccc(Cl)c(Cl)c3)nc(NCc3ccncc3)c2c1=O. The Kier molecular flexibility index (Phi) is 4.98. The van der Waals surface area contributed by atoms with Crippen LogP contribution in [0.5, 0.6) is 0 Å². The van der Waals surface area contributed by atoms with Gasteiger partial charge in [0.25, 0.3) is 5.56 Å². The lowest BCUT2D eigenvalue weighted by molar-refractivity contribution is 0.842. The van der Waals surface area contributed by atoms with Crippen LogP contribution in [-0.2, 0) is 13.6 Å². The first-order valence-electron chi connectivity index (χ1n) is 8.47. The monoisotopic (exact) mass is 411 g/mol.